The van der Waals surface area contributed by atoms with Crippen LogP contribution in [0.1, 0.15) is 31.0 Å². The molecule has 32 heavy (non-hydrogen) atoms. The molecule has 0 atom stereocenters. The van der Waals surface area contributed by atoms with Gasteiger partial charge in [0.1, 0.15) is 17.8 Å². The third-order valence-corrected chi connectivity index (χ3v) is 5.76. The Bertz CT molecular complexity index is 1090. The van der Waals surface area contributed by atoms with Gasteiger partial charge in [-0.3, -0.25) is 4.79 Å². The quantitative estimate of drug-likeness (QED) is 0.490. The van der Waals surface area contributed by atoms with Crippen molar-refractivity contribution in [2.75, 3.05) is 13.1 Å². The van der Waals surface area contributed by atoms with Crippen LogP contribution in [0, 0.1) is 28.4 Å². The second-order valence-corrected chi connectivity index (χ2v) is 7.84. The topological polar surface area (TPSA) is 69.9 Å². The number of carbonyl (C=O) groups excluding carboxylic acids is 1. The van der Waals surface area contributed by atoms with Crippen LogP contribution < -0.4 is 0 Å². The van der Waals surface area contributed by atoms with Crippen molar-refractivity contribution in [1.29, 1.82) is 5.26 Å². The number of rotatable bonds is 6. The van der Waals surface area contributed by atoms with Crippen molar-refractivity contribution < 1.29 is 13.6 Å². The zero-order valence-electron chi connectivity index (χ0n) is 17.9. The second-order valence-electron chi connectivity index (χ2n) is 7.84. The molecule has 164 valence electrons. The second kappa shape index (κ2) is 10.1. The molecule has 0 saturated carbocycles. The number of amides is 1. The van der Waals surface area contributed by atoms with E-state index in [1.165, 1.54) is 24.5 Å². The Morgan fingerprint density at radius 3 is 2.56 bits per heavy atom. The van der Waals surface area contributed by atoms with Crippen molar-refractivity contribution >= 4 is 11.5 Å². The maximum atomic E-state index is 14.2. The molecule has 1 aromatic heterocycles. The summed E-state index contributed by atoms with van der Waals surface area (Å²) in [6.45, 7) is 6.05. The Kier molecular flexibility index (Phi) is 7.26. The Hall–Kier alpha value is -3.66. The van der Waals surface area contributed by atoms with E-state index in [1.807, 2.05) is 0 Å². The number of likely N-dealkylation sites (tertiary alicyclic amines) is 1. The minimum Gasteiger partial charge on any atom is -0.339 e. The molecule has 1 saturated heterocycles. The highest BCUT2D eigenvalue weighted by Gasteiger charge is 2.37. The average molecular weight is 434 g/mol. The first-order valence-corrected chi connectivity index (χ1v) is 10.3. The monoisotopic (exact) mass is 434 g/mol. The molecule has 0 N–H and O–H groups in total. The molecule has 0 spiro atoms. The fourth-order valence-corrected chi connectivity index (χ4v) is 3.87. The summed E-state index contributed by atoms with van der Waals surface area (Å²) >= 11 is 0. The van der Waals surface area contributed by atoms with Crippen molar-refractivity contribution in [2.45, 2.75) is 26.2 Å². The van der Waals surface area contributed by atoms with Gasteiger partial charge in [0.25, 0.3) is 5.91 Å². The number of hydrogen-bond acceptors (Lipinski definition) is 4. The summed E-state index contributed by atoms with van der Waals surface area (Å²) in [5.41, 5.74) is 1.04. The first kappa shape index (κ1) is 23.0. The van der Waals surface area contributed by atoms with Crippen molar-refractivity contribution in [3.8, 4) is 6.07 Å². The fourth-order valence-electron chi connectivity index (χ4n) is 3.87. The van der Waals surface area contributed by atoms with Crippen LogP contribution in [0.3, 0.4) is 0 Å². The SMILES string of the molecule is C=C/C=C\C(C(=O)N1CCC(C#N)(Cc2ccc(F)cc2)CC1)=C(/C)c1ncncc1F. The maximum Gasteiger partial charge on any atom is 0.254 e. The van der Waals surface area contributed by atoms with Gasteiger partial charge in [-0.15, -0.1) is 0 Å². The van der Waals surface area contributed by atoms with Crippen LogP contribution >= 0.6 is 0 Å². The zero-order chi connectivity index (χ0) is 23.1. The number of allylic oxidation sites excluding steroid dienone is 3. The van der Waals surface area contributed by atoms with Gasteiger partial charge in [-0.25, -0.2) is 18.7 Å². The van der Waals surface area contributed by atoms with Gasteiger partial charge in [0.05, 0.1) is 17.7 Å². The van der Waals surface area contributed by atoms with Gasteiger partial charge in [-0.05, 0) is 55.5 Å². The Labute approximate surface area is 186 Å². The minimum atomic E-state index is -0.622. The van der Waals surface area contributed by atoms with E-state index in [0.717, 1.165) is 11.8 Å². The normalized spacial score (nSPS) is 16.4. The number of benzene rings is 1. The van der Waals surface area contributed by atoms with Gasteiger partial charge in [0.2, 0.25) is 0 Å². The van der Waals surface area contributed by atoms with Crippen LogP contribution in [0.15, 0.2) is 67.2 Å². The van der Waals surface area contributed by atoms with Gasteiger partial charge >= 0.3 is 0 Å². The lowest BCUT2D eigenvalue weighted by Gasteiger charge is -2.37. The van der Waals surface area contributed by atoms with Crippen molar-refractivity contribution in [3.05, 3.63) is 90.1 Å². The molecular weight excluding hydrogens is 410 g/mol. The van der Waals surface area contributed by atoms with Crippen LogP contribution in [0.4, 0.5) is 8.78 Å². The van der Waals surface area contributed by atoms with Gasteiger partial charge in [-0.1, -0.05) is 30.9 Å². The van der Waals surface area contributed by atoms with E-state index >= 15 is 0 Å². The lowest BCUT2D eigenvalue weighted by molar-refractivity contribution is -0.128. The minimum absolute atomic E-state index is 0.0664. The van der Waals surface area contributed by atoms with Gasteiger partial charge in [0, 0.05) is 18.7 Å². The summed E-state index contributed by atoms with van der Waals surface area (Å²) in [6, 6.07) is 8.57. The Balaban J connectivity index is 1.81. The average Bonchev–Trinajstić information content (AvgIpc) is 2.81. The van der Waals surface area contributed by atoms with Crippen LogP contribution in [-0.2, 0) is 11.2 Å². The molecule has 2 aromatic rings. The summed E-state index contributed by atoms with van der Waals surface area (Å²) in [7, 11) is 0. The molecule has 2 heterocycles. The smallest absolute Gasteiger partial charge is 0.254 e. The number of nitriles is 1. The predicted molar refractivity (Wildman–Crippen MR) is 118 cm³/mol. The van der Waals surface area contributed by atoms with E-state index in [-0.39, 0.29) is 17.4 Å². The summed E-state index contributed by atoms with van der Waals surface area (Å²) in [5, 5.41) is 9.86. The Morgan fingerprint density at radius 1 is 1.28 bits per heavy atom. The number of halogens is 2. The summed E-state index contributed by atoms with van der Waals surface area (Å²) in [5.74, 6) is -1.18. The van der Waals surface area contributed by atoms with Crippen molar-refractivity contribution in [2.24, 2.45) is 5.41 Å². The van der Waals surface area contributed by atoms with Gasteiger partial charge in [-0.2, -0.15) is 5.26 Å². The van der Waals surface area contributed by atoms with Crippen LogP contribution in [-0.4, -0.2) is 33.9 Å². The first-order chi connectivity index (χ1) is 15.4. The zero-order valence-corrected chi connectivity index (χ0v) is 17.9. The van der Waals surface area contributed by atoms with E-state index < -0.39 is 11.2 Å². The fraction of sp³-hybridized carbons (Fsp3) is 0.280. The number of aromatic nitrogens is 2. The van der Waals surface area contributed by atoms with E-state index in [2.05, 4.69) is 22.6 Å². The Morgan fingerprint density at radius 2 is 1.97 bits per heavy atom. The molecule has 1 amide bonds. The molecule has 1 aliphatic heterocycles. The molecule has 1 aliphatic rings. The molecular formula is C25H24F2N4O. The first-order valence-electron chi connectivity index (χ1n) is 10.3. The van der Waals surface area contributed by atoms with Gasteiger partial charge < -0.3 is 4.90 Å². The summed E-state index contributed by atoms with van der Waals surface area (Å²) < 4.78 is 27.4. The predicted octanol–water partition coefficient (Wildman–Crippen LogP) is 4.65. The molecule has 0 aliphatic carbocycles. The van der Waals surface area contributed by atoms with Crippen LogP contribution in [0.5, 0.6) is 0 Å². The molecule has 5 nitrogen and oxygen atoms in total. The standard InChI is InChI=1S/C25H24F2N4O/c1-3-4-5-21(18(2)23-22(27)15-29-17-30-23)24(32)31-12-10-25(16-28,11-13-31)14-19-6-8-20(26)9-7-19/h3-9,15,17H,1,10-14H2,2H3/b5-4-,21-18-. The molecule has 3 rings (SSSR count). The largest absolute Gasteiger partial charge is 0.339 e. The highest BCUT2D eigenvalue weighted by Crippen LogP contribution is 2.35. The van der Waals surface area contributed by atoms with E-state index in [9.17, 15) is 18.8 Å². The van der Waals surface area contributed by atoms with Gasteiger partial charge in [0.15, 0.2) is 5.82 Å². The van der Waals surface area contributed by atoms with Crippen molar-refractivity contribution in [3.63, 3.8) is 0 Å². The van der Waals surface area contributed by atoms with Crippen LogP contribution in [0.25, 0.3) is 5.57 Å². The summed E-state index contributed by atoms with van der Waals surface area (Å²) in [4.78, 5) is 22.6. The van der Waals surface area contributed by atoms with E-state index in [0.29, 0.717) is 43.5 Å². The highest BCUT2D eigenvalue weighted by atomic mass is 19.1. The van der Waals surface area contributed by atoms with E-state index in [1.54, 1.807) is 36.1 Å². The number of hydrogen-bond donors (Lipinski definition) is 0. The third-order valence-electron chi connectivity index (χ3n) is 5.76. The molecule has 0 bridgehead atoms. The molecule has 0 unspecified atom stereocenters. The lowest BCUT2D eigenvalue weighted by Crippen LogP contribution is -2.44. The molecule has 1 fully saturated rings. The summed E-state index contributed by atoms with van der Waals surface area (Å²) in [6.07, 6.45) is 8.52. The third kappa shape index (κ3) is 5.14. The number of piperidine rings is 1. The molecule has 1 aromatic carbocycles. The highest BCUT2D eigenvalue weighted by molar-refractivity contribution is 6.03. The lowest BCUT2D eigenvalue weighted by atomic mass is 9.75. The van der Waals surface area contributed by atoms with Crippen LogP contribution in [0.2, 0.25) is 0 Å². The van der Waals surface area contributed by atoms with E-state index in [4.69, 9.17) is 0 Å². The maximum absolute atomic E-state index is 14.2. The molecule has 7 heteroatoms. The number of nitrogens with zero attached hydrogens (tertiary/aromatic N) is 4. The molecule has 0 radical (unpaired) electrons. The number of carbonyl (C=O) groups is 1. The van der Waals surface area contributed by atoms with Crippen molar-refractivity contribution in [1.82, 2.24) is 14.9 Å².